The third-order valence-electron chi connectivity index (χ3n) is 7.70. The van der Waals surface area contributed by atoms with Gasteiger partial charge in [-0.15, -0.1) is 10.2 Å². The first-order valence-corrected chi connectivity index (χ1v) is 14.7. The molecular formula is C34H41N7O. The van der Waals surface area contributed by atoms with Gasteiger partial charge in [0.1, 0.15) is 0 Å². The fourth-order valence-electron chi connectivity index (χ4n) is 5.46. The number of tetrazole rings is 1. The molecule has 2 aromatic carbocycles. The third kappa shape index (κ3) is 5.84. The first kappa shape index (κ1) is 29.2. The molecule has 5 aromatic rings. The van der Waals surface area contributed by atoms with Crippen LogP contribution in [0.1, 0.15) is 83.7 Å². The van der Waals surface area contributed by atoms with E-state index in [4.69, 9.17) is 4.98 Å². The second kappa shape index (κ2) is 11.5. The monoisotopic (exact) mass is 563 g/mol. The molecule has 42 heavy (non-hydrogen) atoms. The van der Waals surface area contributed by atoms with Crippen molar-refractivity contribution in [3.63, 3.8) is 0 Å². The lowest BCUT2D eigenvalue weighted by atomic mass is 9.78. The zero-order valence-corrected chi connectivity index (χ0v) is 25.8. The van der Waals surface area contributed by atoms with Gasteiger partial charge in [0.2, 0.25) is 5.82 Å². The van der Waals surface area contributed by atoms with Crippen LogP contribution in [-0.4, -0.2) is 34.7 Å². The number of unbranched alkanes of at least 4 members (excludes halogenated alkanes) is 1. The number of hydrogen-bond acceptors (Lipinski definition) is 5. The predicted molar refractivity (Wildman–Crippen MR) is 168 cm³/mol. The largest absolute Gasteiger partial charge is 0.333 e. The summed E-state index contributed by atoms with van der Waals surface area (Å²) in [4.78, 5) is 19.0. The van der Waals surface area contributed by atoms with Gasteiger partial charge in [-0.05, 0) is 51.6 Å². The number of H-pyrrole nitrogens is 1. The van der Waals surface area contributed by atoms with E-state index in [1.54, 1.807) is 0 Å². The van der Waals surface area contributed by atoms with Crippen molar-refractivity contribution in [2.24, 2.45) is 0 Å². The lowest BCUT2D eigenvalue weighted by Crippen LogP contribution is -2.29. The van der Waals surface area contributed by atoms with E-state index < -0.39 is 0 Å². The molecule has 0 saturated heterocycles. The van der Waals surface area contributed by atoms with Crippen LogP contribution in [0.2, 0.25) is 0 Å². The fraction of sp³-hybridized carbons (Fsp3) is 0.382. The van der Waals surface area contributed by atoms with Crippen molar-refractivity contribution >= 4 is 0 Å². The summed E-state index contributed by atoms with van der Waals surface area (Å²) in [6.07, 6.45) is 6.84. The Kier molecular flexibility index (Phi) is 7.99. The number of hydrogen-bond donors (Lipinski definition) is 1. The zero-order chi connectivity index (χ0) is 30.1. The van der Waals surface area contributed by atoms with Crippen LogP contribution >= 0.6 is 0 Å². The van der Waals surface area contributed by atoms with E-state index in [0.29, 0.717) is 12.4 Å². The minimum atomic E-state index is -0.126. The van der Waals surface area contributed by atoms with Crippen molar-refractivity contribution in [2.75, 3.05) is 0 Å². The Labute approximate surface area is 247 Å². The van der Waals surface area contributed by atoms with Gasteiger partial charge in [-0.1, -0.05) is 103 Å². The van der Waals surface area contributed by atoms with Gasteiger partial charge in [0.25, 0.3) is 0 Å². The number of nitrogens with one attached hydrogen (secondary N) is 1. The molecule has 0 fully saturated rings. The molecule has 0 aliphatic rings. The molecule has 8 nitrogen and oxygen atoms in total. The van der Waals surface area contributed by atoms with Gasteiger partial charge in [0.05, 0.1) is 17.9 Å². The first-order valence-electron chi connectivity index (χ1n) is 14.7. The van der Waals surface area contributed by atoms with Crippen LogP contribution in [0.3, 0.4) is 0 Å². The highest BCUT2D eigenvalue weighted by Gasteiger charge is 2.28. The van der Waals surface area contributed by atoms with Gasteiger partial charge in [0.15, 0.2) is 0 Å². The normalized spacial score (nSPS) is 12.2. The maximum absolute atomic E-state index is 14.3. The van der Waals surface area contributed by atoms with Crippen LogP contribution in [0.4, 0.5) is 0 Å². The number of aryl methyl sites for hydroxylation is 1. The van der Waals surface area contributed by atoms with E-state index in [1.807, 2.05) is 51.7 Å². The summed E-state index contributed by atoms with van der Waals surface area (Å²) in [6, 6.07) is 18.4. The molecule has 3 aromatic heterocycles. The molecule has 1 N–H and O–H groups in total. The average molecular weight is 564 g/mol. The number of aromatic amines is 1. The van der Waals surface area contributed by atoms with E-state index >= 15 is 0 Å². The highest BCUT2D eigenvalue weighted by atomic mass is 16.1. The number of rotatable bonds is 8. The van der Waals surface area contributed by atoms with E-state index in [2.05, 4.69) is 93.5 Å². The maximum atomic E-state index is 14.3. The average Bonchev–Trinajstić information content (AvgIpc) is 3.60. The number of imidazole rings is 1. The van der Waals surface area contributed by atoms with E-state index in [9.17, 15) is 4.79 Å². The molecule has 3 heterocycles. The van der Waals surface area contributed by atoms with Crippen molar-refractivity contribution < 1.29 is 0 Å². The molecule has 0 radical (unpaired) electrons. The molecule has 8 heteroatoms. The minimum Gasteiger partial charge on any atom is -0.292 e. The summed E-state index contributed by atoms with van der Waals surface area (Å²) in [5.74, 6) is 0.523. The number of pyridine rings is 1. The van der Waals surface area contributed by atoms with Crippen molar-refractivity contribution in [1.82, 2.24) is 34.7 Å². The van der Waals surface area contributed by atoms with Crippen LogP contribution in [-0.2, 0) is 23.8 Å². The maximum Gasteiger partial charge on any atom is 0.333 e. The van der Waals surface area contributed by atoms with E-state index in [1.165, 1.54) is 11.1 Å². The van der Waals surface area contributed by atoms with Crippen molar-refractivity contribution in [3.05, 3.63) is 99.9 Å². The molecule has 0 unspecified atom stereocenters. The molecule has 5 rings (SSSR count). The van der Waals surface area contributed by atoms with Gasteiger partial charge < -0.3 is 0 Å². The quantitative estimate of drug-likeness (QED) is 0.222. The second-order valence-corrected chi connectivity index (χ2v) is 13.0. The Morgan fingerprint density at radius 3 is 2.12 bits per heavy atom. The number of benzene rings is 2. The number of nitrogens with zero attached hydrogens (tertiary/aromatic N) is 6. The molecule has 0 amide bonds. The molecule has 0 bridgehead atoms. The summed E-state index contributed by atoms with van der Waals surface area (Å²) in [5.41, 5.74) is 7.66. The molecule has 0 spiro atoms. The molecule has 0 aliphatic carbocycles. The number of aromatic nitrogens is 7. The van der Waals surface area contributed by atoms with Crippen molar-refractivity contribution in [3.8, 4) is 28.3 Å². The zero-order valence-electron chi connectivity index (χ0n) is 25.8. The predicted octanol–water partition coefficient (Wildman–Crippen LogP) is 6.87. The van der Waals surface area contributed by atoms with Gasteiger partial charge >= 0.3 is 5.69 Å². The molecule has 0 aliphatic heterocycles. The van der Waals surface area contributed by atoms with Crippen LogP contribution in [0, 0.1) is 0 Å². The van der Waals surface area contributed by atoms with Crippen LogP contribution < -0.4 is 5.69 Å². The van der Waals surface area contributed by atoms with E-state index in [0.717, 1.165) is 53.0 Å². The van der Waals surface area contributed by atoms with Gasteiger partial charge in [-0.2, -0.15) is 5.21 Å². The highest BCUT2D eigenvalue weighted by molar-refractivity contribution is 5.78. The fourth-order valence-corrected chi connectivity index (χ4v) is 5.46. The van der Waals surface area contributed by atoms with Crippen molar-refractivity contribution in [1.29, 1.82) is 0 Å². The third-order valence-corrected chi connectivity index (χ3v) is 7.70. The van der Waals surface area contributed by atoms with Crippen LogP contribution in [0.15, 0.2) is 71.8 Å². The van der Waals surface area contributed by atoms with Crippen LogP contribution in [0.25, 0.3) is 28.3 Å². The summed E-state index contributed by atoms with van der Waals surface area (Å²) in [7, 11) is 0. The summed E-state index contributed by atoms with van der Waals surface area (Å²) in [6.45, 7) is 15.9. The van der Waals surface area contributed by atoms with Gasteiger partial charge in [-0.3, -0.25) is 14.1 Å². The second-order valence-electron chi connectivity index (χ2n) is 13.0. The first-order chi connectivity index (χ1) is 20.0. The summed E-state index contributed by atoms with van der Waals surface area (Å²) in [5, 5.41) is 14.5. The Hall–Kier alpha value is -4.33. The Bertz CT molecular complexity index is 1680. The topological polar surface area (TPSA) is 94.3 Å². The molecule has 0 saturated carbocycles. The van der Waals surface area contributed by atoms with Gasteiger partial charge in [-0.25, -0.2) is 4.79 Å². The lowest BCUT2D eigenvalue weighted by Gasteiger charge is -2.29. The Balaban J connectivity index is 1.57. The summed E-state index contributed by atoms with van der Waals surface area (Å²) < 4.78 is 3.82. The lowest BCUT2D eigenvalue weighted by molar-refractivity contribution is 0.559. The Morgan fingerprint density at radius 2 is 1.55 bits per heavy atom. The highest BCUT2D eigenvalue weighted by Crippen LogP contribution is 2.36. The SMILES string of the molecule is CCCCc1cn(-c2c(C(C)(C)C)cccc2C(C)(C)C)c(=O)n1Cc1ccc(-c2ccccc2-c2nn[nH]n2)nc1. The number of para-hydroxylation sites is 1. The van der Waals surface area contributed by atoms with E-state index in [-0.39, 0.29) is 16.5 Å². The molecule has 218 valence electrons. The Morgan fingerprint density at radius 1 is 0.857 bits per heavy atom. The van der Waals surface area contributed by atoms with Crippen LogP contribution in [0.5, 0.6) is 0 Å². The van der Waals surface area contributed by atoms with Gasteiger partial charge in [0, 0.05) is 29.2 Å². The molecule has 0 atom stereocenters. The molecular weight excluding hydrogens is 522 g/mol. The standard InChI is InChI=1S/C34H41N7O/c1-8-9-13-24-22-41(30-27(33(2,3)4)16-12-17-28(30)34(5,6)7)32(42)40(24)21-23-18-19-29(35-20-23)25-14-10-11-15-26(25)31-36-38-39-37-31/h10-12,14-20,22H,8-9,13,21H2,1-7H3,(H,36,37,38,39). The summed E-state index contributed by atoms with van der Waals surface area (Å²) >= 11 is 0. The minimum absolute atomic E-state index is 0.0187. The smallest absolute Gasteiger partial charge is 0.292 e. The van der Waals surface area contributed by atoms with Crippen molar-refractivity contribution in [2.45, 2.75) is 85.1 Å².